The molecule has 0 amide bonds. The van der Waals surface area contributed by atoms with E-state index in [0.717, 1.165) is 22.8 Å². The van der Waals surface area contributed by atoms with Gasteiger partial charge in [0.15, 0.2) is 5.82 Å². The number of benzene rings is 1. The van der Waals surface area contributed by atoms with Gasteiger partial charge in [0.1, 0.15) is 0 Å². The maximum absolute atomic E-state index is 5.94. The Morgan fingerprint density at radius 3 is 3.05 bits per heavy atom. The molecule has 4 nitrogen and oxygen atoms in total. The summed E-state index contributed by atoms with van der Waals surface area (Å²) >= 11 is 7.58. The van der Waals surface area contributed by atoms with Gasteiger partial charge in [-0.25, -0.2) is 0 Å². The molecule has 1 aromatic carbocycles. The molecule has 0 saturated carbocycles. The van der Waals surface area contributed by atoms with Crippen molar-refractivity contribution in [3.05, 3.63) is 41.0 Å². The van der Waals surface area contributed by atoms with Gasteiger partial charge < -0.3 is 10.3 Å². The van der Waals surface area contributed by atoms with Crippen molar-refractivity contribution < 1.29 is 4.52 Å². The van der Waals surface area contributed by atoms with Crippen LogP contribution in [0.1, 0.15) is 25.1 Å². The van der Waals surface area contributed by atoms with E-state index < -0.39 is 0 Å². The second kappa shape index (κ2) is 7.67. The van der Waals surface area contributed by atoms with E-state index in [1.165, 1.54) is 0 Å². The maximum atomic E-state index is 5.94. The Bertz CT molecular complexity index is 547. The van der Waals surface area contributed by atoms with Gasteiger partial charge in [-0.2, -0.15) is 4.98 Å². The fraction of sp³-hybridized carbons (Fsp3) is 0.429. The Hall–Kier alpha value is -1.04. The Kier molecular flexibility index (Phi) is 5.88. The van der Waals surface area contributed by atoms with Gasteiger partial charge in [0.05, 0.1) is 5.75 Å². The largest absolute Gasteiger partial charge is 0.339 e. The third kappa shape index (κ3) is 4.81. The lowest BCUT2D eigenvalue weighted by atomic mass is 10.1. The predicted octanol–water partition coefficient (Wildman–Crippen LogP) is 3.54. The van der Waals surface area contributed by atoms with Crippen LogP contribution in [0, 0.1) is 5.92 Å². The molecule has 1 heterocycles. The zero-order valence-corrected chi connectivity index (χ0v) is 13.0. The Morgan fingerprint density at radius 1 is 1.45 bits per heavy atom. The van der Waals surface area contributed by atoms with Crippen molar-refractivity contribution in [2.24, 2.45) is 11.7 Å². The molecule has 20 heavy (non-hydrogen) atoms. The highest BCUT2D eigenvalue weighted by molar-refractivity contribution is 7.98. The lowest BCUT2D eigenvalue weighted by Crippen LogP contribution is -2.11. The van der Waals surface area contributed by atoms with E-state index in [0.29, 0.717) is 29.9 Å². The molecule has 1 atom stereocenters. The lowest BCUT2D eigenvalue weighted by molar-refractivity contribution is 0.362. The first kappa shape index (κ1) is 15.4. The second-order valence-corrected chi connectivity index (χ2v) is 6.22. The number of rotatable bonds is 7. The molecule has 2 aromatic rings. The Balaban J connectivity index is 1.83. The molecule has 6 heteroatoms. The first-order valence-electron chi connectivity index (χ1n) is 6.57. The summed E-state index contributed by atoms with van der Waals surface area (Å²) in [5, 5.41) is 4.72. The van der Waals surface area contributed by atoms with Gasteiger partial charge in [0.2, 0.25) is 5.89 Å². The SMILES string of the molecule is CC(CN)CCc1nc(CSc2cccc(Cl)c2)no1. The first-order chi connectivity index (χ1) is 9.67. The predicted molar refractivity (Wildman–Crippen MR) is 81.9 cm³/mol. The summed E-state index contributed by atoms with van der Waals surface area (Å²) in [5.41, 5.74) is 5.58. The third-order valence-electron chi connectivity index (χ3n) is 2.93. The van der Waals surface area contributed by atoms with E-state index in [1.807, 2.05) is 24.3 Å². The van der Waals surface area contributed by atoms with Gasteiger partial charge in [0, 0.05) is 16.3 Å². The minimum atomic E-state index is 0.478. The normalized spacial score (nSPS) is 12.6. The van der Waals surface area contributed by atoms with Crippen LogP contribution in [-0.2, 0) is 12.2 Å². The molecule has 0 aliphatic carbocycles. The van der Waals surface area contributed by atoms with Crippen LogP contribution in [0.5, 0.6) is 0 Å². The van der Waals surface area contributed by atoms with E-state index in [2.05, 4.69) is 17.1 Å². The molecule has 2 N–H and O–H groups in total. The van der Waals surface area contributed by atoms with Crippen molar-refractivity contribution >= 4 is 23.4 Å². The van der Waals surface area contributed by atoms with Crippen LogP contribution >= 0.6 is 23.4 Å². The number of halogens is 1. The second-order valence-electron chi connectivity index (χ2n) is 4.73. The highest BCUT2D eigenvalue weighted by Crippen LogP contribution is 2.24. The number of hydrogen-bond donors (Lipinski definition) is 1. The minimum Gasteiger partial charge on any atom is -0.339 e. The van der Waals surface area contributed by atoms with Gasteiger partial charge in [0.25, 0.3) is 0 Å². The summed E-state index contributed by atoms with van der Waals surface area (Å²) in [5.74, 6) is 2.56. The molecule has 0 aliphatic heterocycles. The molecule has 0 radical (unpaired) electrons. The first-order valence-corrected chi connectivity index (χ1v) is 7.93. The van der Waals surface area contributed by atoms with E-state index in [1.54, 1.807) is 11.8 Å². The van der Waals surface area contributed by atoms with Gasteiger partial charge in [-0.3, -0.25) is 0 Å². The summed E-state index contributed by atoms with van der Waals surface area (Å²) < 4.78 is 5.23. The average molecular weight is 312 g/mol. The molecular formula is C14H18ClN3OS. The van der Waals surface area contributed by atoms with Crippen molar-refractivity contribution in [1.29, 1.82) is 0 Å². The molecule has 0 fully saturated rings. The van der Waals surface area contributed by atoms with Gasteiger partial charge in [-0.05, 0) is 37.1 Å². The van der Waals surface area contributed by atoms with Crippen molar-refractivity contribution in [3.8, 4) is 0 Å². The van der Waals surface area contributed by atoms with Crippen LogP contribution in [0.3, 0.4) is 0 Å². The van der Waals surface area contributed by atoms with Crippen molar-refractivity contribution in [3.63, 3.8) is 0 Å². The van der Waals surface area contributed by atoms with Gasteiger partial charge in [-0.15, -0.1) is 11.8 Å². The standard InChI is InChI=1S/C14H18ClN3OS/c1-10(8-16)5-6-14-17-13(18-19-14)9-20-12-4-2-3-11(15)7-12/h2-4,7,10H,5-6,8-9,16H2,1H3. The zero-order chi connectivity index (χ0) is 14.4. The highest BCUT2D eigenvalue weighted by atomic mass is 35.5. The van der Waals surface area contributed by atoms with Crippen LogP contribution in [0.4, 0.5) is 0 Å². The quantitative estimate of drug-likeness (QED) is 0.792. The van der Waals surface area contributed by atoms with Crippen molar-refractivity contribution in [1.82, 2.24) is 10.1 Å². The van der Waals surface area contributed by atoms with Crippen LogP contribution in [0.25, 0.3) is 0 Å². The molecule has 0 bridgehead atoms. The number of nitrogens with two attached hydrogens (primary N) is 1. The molecule has 1 unspecified atom stereocenters. The number of aromatic nitrogens is 2. The van der Waals surface area contributed by atoms with E-state index in [4.69, 9.17) is 21.9 Å². The summed E-state index contributed by atoms with van der Waals surface area (Å²) in [6, 6.07) is 7.73. The van der Waals surface area contributed by atoms with E-state index in [9.17, 15) is 0 Å². The molecule has 0 aliphatic rings. The average Bonchev–Trinajstić information content (AvgIpc) is 2.90. The minimum absolute atomic E-state index is 0.478. The lowest BCUT2D eigenvalue weighted by Gasteiger charge is -2.03. The maximum Gasteiger partial charge on any atom is 0.226 e. The summed E-state index contributed by atoms with van der Waals surface area (Å²) in [4.78, 5) is 5.48. The molecular weight excluding hydrogens is 294 g/mol. The Labute approximate surface area is 128 Å². The smallest absolute Gasteiger partial charge is 0.226 e. The van der Waals surface area contributed by atoms with Crippen LogP contribution in [0.2, 0.25) is 5.02 Å². The van der Waals surface area contributed by atoms with Gasteiger partial charge >= 0.3 is 0 Å². The number of nitrogens with zero attached hydrogens (tertiary/aromatic N) is 2. The molecule has 2 rings (SSSR count). The van der Waals surface area contributed by atoms with E-state index in [-0.39, 0.29) is 0 Å². The fourth-order valence-corrected chi connectivity index (χ4v) is 2.70. The number of thioether (sulfide) groups is 1. The highest BCUT2D eigenvalue weighted by Gasteiger charge is 2.08. The summed E-state index contributed by atoms with van der Waals surface area (Å²) in [6.07, 6.45) is 1.76. The fourth-order valence-electron chi connectivity index (χ4n) is 1.64. The van der Waals surface area contributed by atoms with Gasteiger partial charge in [-0.1, -0.05) is 29.7 Å². The van der Waals surface area contributed by atoms with E-state index >= 15 is 0 Å². The van der Waals surface area contributed by atoms with Crippen LogP contribution < -0.4 is 5.73 Å². The monoisotopic (exact) mass is 311 g/mol. The molecule has 1 aromatic heterocycles. The number of aryl methyl sites for hydroxylation is 1. The zero-order valence-electron chi connectivity index (χ0n) is 11.4. The number of hydrogen-bond acceptors (Lipinski definition) is 5. The molecule has 0 spiro atoms. The summed E-state index contributed by atoms with van der Waals surface area (Å²) in [6.45, 7) is 2.80. The van der Waals surface area contributed by atoms with Crippen molar-refractivity contribution in [2.75, 3.05) is 6.54 Å². The van der Waals surface area contributed by atoms with Crippen LogP contribution in [0.15, 0.2) is 33.7 Å². The van der Waals surface area contributed by atoms with Crippen molar-refractivity contribution in [2.45, 2.75) is 30.4 Å². The topological polar surface area (TPSA) is 64.9 Å². The molecule has 108 valence electrons. The van der Waals surface area contributed by atoms with Crippen LogP contribution in [-0.4, -0.2) is 16.7 Å². The summed E-state index contributed by atoms with van der Waals surface area (Å²) in [7, 11) is 0. The third-order valence-corrected chi connectivity index (χ3v) is 4.15. The Morgan fingerprint density at radius 2 is 2.30 bits per heavy atom. The molecule has 0 saturated heterocycles.